The maximum atomic E-state index is 14.3. The highest BCUT2D eigenvalue weighted by molar-refractivity contribution is 8.00. The van der Waals surface area contributed by atoms with E-state index in [1.165, 1.54) is 42.7 Å². The zero-order valence-corrected chi connectivity index (χ0v) is 47.7. The summed E-state index contributed by atoms with van der Waals surface area (Å²) in [6.07, 6.45) is -9.60. The summed E-state index contributed by atoms with van der Waals surface area (Å²) in [7, 11) is 1.38. The Morgan fingerprint density at radius 3 is 1.88 bits per heavy atom. The molecule has 1 aliphatic heterocycles. The third-order valence-corrected chi connectivity index (χ3v) is 12.9. The first-order valence-corrected chi connectivity index (χ1v) is 27.5. The van der Waals surface area contributed by atoms with E-state index < -0.39 is 96.9 Å². The molecule has 2 rings (SSSR count). The van der Waals surface area contributed by atoms with Gasteiger partial charge in [-0.2, -0.15) is 26.3 Å². The van der Waals surface area contributed by atoms with Crippen LogP contribution in [0.15, 0.2) is 29.3 Å². The molecule has 0 radical (unpaired) electrons. The van der Waals surface area contributed by atoms with Gasteiger partial charge in [-0.1, -0.05) is 12.1 Å². The summed E-state index contributed by atoms with van der Waals surface area (Å²) < 4.78 is 74.4. The minimum atomic E-state index is -5.08. The van der Waals surface area contributed by atoms with Gasteiger partial charge >= 0.3 is 30.3 Å². The normalized spacial score (nSPS) is 17.2. The number of carbonyl (C=O) groups excluding carboxylic acids is 8. The number of nitrogens with zero attached hydrogens (tertiary/aromatic N) is 2. The number of benzene rings is 1. The molecule has 470 valence electrons. The van der Waals surface area contributed by atoms with Crippen LogP contribution < -0.4 is 48.7 Å². The smallest absolute Gasteiger partial charge is 0.481 e. The number of carboxylic acids is 3. The summed E-state index contributed by atoms with van der Waals surface area (Å²) in [6, 6.07) is 1.79. The third kappa shape index (κ3) is 35.5. The van der Waals surface area contributed by atoms with Gasteiger partial charge in [0.15, 0.2) is 5.96 Å². The van der Waals surface area contributed by atoms with Gasteiger partial charge in [0, 0.05) is 64.5 Å². The Kier molecular flexibility index (Phi) is 36.7. The SMILES string of the molecule is CCOC(C)SCC(=O)NCC(CCC(=O)NCCCC[C@H]1NC(=O)c2cccc(c2)CNC(=O)[C@H](CC(=O)O)NC(=O)CNC(=O)[C@H](CCCN=C(N)N)N(C)C1=O)NC(=O)CSC(C)OCC.O=C(O)C(F)(F)F.O=C(O)C(F)(F)F. The highest BCUT2D eigenvalue weighted by Crippen LogP contribution is 2.17. The number of thioether (sulfide) groups is 2. The van der Waals surface area contributed by atoms with Gasteiger partial charge in [-0.05, 0) is 83.9 Å². The number of guanidine groups is 1. The van der Waals surface area contributed by atoms with Crippen molar-refractivity contribution in [3.63, 3.8) is 0 Å². The van der Waals surface area contributed by atoms with Gasteiger partial charge in [0.05, 0.1) is 24.5 Å². The molecule has 35 heteroatoms. The van der Waals surface area contributed by atoms with Crippen LogP contribution in [0.5, 0.6) is 0 Å². The molecule has 0 aromatic heterocycles. The molecule has 1 aliphatic rings. The number of unbranched alkanes of at least 4 members (excludes halogenated alkanes) is 1. The highest BCUT2D eigenvalue weighted by Gasteiger charge is 2.39. The number of likely N-dealkylation sites (N-methyl/N-ethyl adjacent to an activating group) is 1. The fraction of sp³-hybridized carbons (Fsp3) is 0.625. The number of ether oxygens (including phenoxy) is 2. The first-order chi connectivity index (χ1) is 38.7. The molecule has 0 spiro atoms. The molecule has 0 saturated heterocycles. The van der Waals surface area contributed by atoms with Crippen LogP contribution in [-0.2, 0) is 64.0 Å². The summed E-state index contributed by atoms with van der Waals surface area (Å²) in [6.45, 7) is 8.06. The van der Waals surface area contributed by atoms with Crippen LogP contribution in [0.2, 0.25) is 0 Å². The van der Waals surface area contributed by atoms with Crippen LogP contribution in [0.4, 0.5) is 26.3 Å². The largest absolute Gasteiger partial charge is 0.490 e. The quantitative estimate of drug-likeness (QED) is 0.0188. The molecule has 3 unspecified atom stereocenters. The van der Waals surface area contributed by atoms with Gasteiger partial charge in [-0.15, -0.1) is 23.5 Å². The van der Waals surface area contributed by atoms with E-state index >= 15 is 0 Å². The summed E-state index contributed by atoms with van der Waals surface area (Å²) >= 11 is 2.66. The zero-order valence-electron chi connectivity index (χ0n) is 46.1. The van der Waals surface area contributed by atoms with Gasteiger partial charge in [0.1, 0.15) is 29.0 Å². The van der Waals surface area contributed by atoms with E-state index in [0.717, 1.165) is 4.90 Å². The molecule has 14 N–H and O–H groups in total. The van der Waals surface area contributed by atoms with Crippen molar-refractivity contribution in [3.8, 4) is 0 Å². The fourth-order valence-corrected chi connectivity index (χ4v) is 8.19. The minimum Gasteiger partial charge on any atom is -0.481 e. The number of hydrogen-bond donors (Lipinski definition) is 12. The maximum absolute atomic E-state index is 14.3. The second-order valence-corrected chi connectivity index (χ2v) is 20.1. The Morgan fingerprint density at radius 2 is 1.34 bits per heavy atom. The second-order valence-electron chi connectivity index (χ2n) is 17.5. The Morgan fingerprint density at radius 1 is 0.771 bits per heavy atom. The molecule has 83 heavy (non-hydrogen) atoms. The van der Waals surface area contributed by atoms with Crippen molar-refractivity contribution in [3.05, 3.63) is 35.4 Å². The highest BCUT2D eigenvalue weighted by atomic mass is 32.2. The molecule has 0 saturated carbocycles. The monoisotopic (exact) mass is 1240 g/mol. The average molecular weight is 1240 g/mol. The van der Waals surface area contributed by atoms with Crippen LogP contribution in [0.3, 0.4) is 0 Å². The van der Waals surface area contributed by atoms with E-state index in [9.17, 15) is 74.6 Å². The molecule has 8 amide bonds. The number of carbonyl (C=O) groups is 11. The standard InChI is InChI=1S/C44H71N11O12S2.2C2HF3O2/c1-6-66-27(3)68-25-37(58)49-23-31(52-38(59)26-69-28(4)67-7-2)16-17-35(56)47-18-9-8-14-32-43(65)55(5)34(15-11-19-48-44(45)46)42(64)51-24-36(57)53-33(21-39(60)61)41(63)50-22-29-12-10-13-30(20-29)40(62)54-32;2*3-2(4,5)1(6)7/h10,12-13,20,27-28,31-34H,6-9,11,14-19,21-26H2,1-5H3,(H,47,56)(H,49,58)(H,50,63)(H,51,64)(H,52,59)(H,53,57)(H,54,62)(H,60,61)(H4,45,46,48);2*(H,6,7)/t27?,28?,31?,32-,33+,34+;;/m1../s1. The molecular formula is C48H73F6N11O16S2. The maximum Gasteiger partial charge on any atom is 0.490 e. The van der Waals surface area contributed by atoms with Crippen molar-refractivity contribution in [2.75, 3.05) is 57.9 Å². The Balaban J connectivity index is 0.00000423. The zero-order chi connectivity index (χ0) is 63.5. The number of carboxylic acid groups (broad SMARTS) is 3. The van der Waals surface area contributed by atoms with E-state index in [1.807, 2.05) is 27.7 Å². The van der Waals surface area contributed by atoms with Crippen molar-refractivity contribution in [2.24, 2.45) is 16.5 Å². The summed E-state index contributed by atoms with van der Waals surface area (Å²) in [5, 5.41) is 42.4. The van der Waals surface area contributed by atoms with E-state index in [1.54, 1.807) is 12.1 Å². The summed E-state index contributed by atoms with van der Waals surface area (Å²) in [4.78, 5) is 141. The Labute approximate surface area is 482 Å². The van der Waals surface area contributed by atoms with Gasteiger partial charge in [0.25, 0.3) is 5.91 Å². The van der Waals surface area contributed by atoms with Crippen LogP contribution in [0.1, 0.15) is 95.0 Å². The molecule has 27 nitrogen and oxygen atoms in total. The molecule has 6 atom stereocenters. The topological polar surface area (TPSA) is 419 Å². The Hall–Kier alpha value is -7.14. The minimum absolute atomic E-state index is 0.0288. The number of fused-ring (bicyclic) bond motifs is 2. The summed E-state index contributed by atoms with van der Waals surface area (Å²) in [5.74, 6) is -11.3. The lowest BCUT2D eigenvalue weighted by atomic mass is 10.0. The van der Waals surface area contributed by atoms with Crippen molar-refractivity contribution in [1.29, 1.82) is 0 Å². The molecular weight excluding hydrogens is 1160 g/mol. The number of nitrogens with one attached hydrogen (secondary N) is 7. The molecule has 2 bridgehead atoms. The number of hydrogen-bond acceptors (Lipinski definition) is 16. The lowest BCUT2D eigenvalue weighted by Gasteiger charge is -2.31. The van der Waals surface area contributed by atoms with Gasteiger partial charge in [-0.25, -0.2) is 9.59 Å². The number of rotatable bonds is 27. The third-order valence-electron chi connectivity index (χ3n) is 10.8. The van der Waals surface area contributed by atoms with Gasteiger partial charge in [0.2, 0.25) is 41.4 Å². The molecule has 0 fully saturated rings. The van der Waals surface area contributed by atoms with Crippen LogP contribution in [-0.4, -0.2) is 197 Å². The molecule has 1 aromatic carbocycles. The van der Waals surface area contributed by atoms with Crippen molar-refractivity contribution < 1.29 is 104 Å². The van der Waals surface area contributed by atoms with Crippen LogP contribution in [0, 0.1) is 0 Å². The fourth-order valence-electron chi connectivity index (χ4n) is 6.77. The average Bonchev–Trinajstić information content (AvgIpc) is 3.39. The number of alkyl halides is 6. The molecule has 1 heterocycles. The van der Waals surface area contributed by atoms with Crippen molar-refractivity contribution in [1.82, 2.24) is 42.1 Å². The van der Waals surface area contributed by atoms with Gasteiger partial charge in [-0.3, -0.25) is 48.1 Å². The number of halogens is 6. The first-order valence-electron chi connectivity index (χ1n) is 25.4. The van der Waals surface area contributed by atoms with E-state index in [4.69, 9.17) is 40.7 Å². The van der Waals surface area contributed by atoms with Crippen molar-refractivity contribution in [2.45, 2.75) is 133 Å². The van der Waals surface area contributed by atoms with E-state index in [-0.39, 0.29) is 110 Å². The predicted octanol–water partition coefficient (Wildman–Crippen LogP) is 0.537. The lowest BCUT2D eigenvalue weighted by molar-refractivity contribution is -0.193. The van der Waals surface area contributed by atoms with Crippen LogP contribution >= 0.6 is 23.5 Å². The first kappa shape index (κ1) is 75.9. The number of amides is 8. The second kappa shape index (κ2) is 40.1. The number of aliphatic imine (C=N–C) groups is 1. The lowest BCUT2D eigenvalue weighted by Crippen LogP contribution is -2.56. The van der Waals surface area contributed by atoms with E-state index in [0.29, 0.717) is 31.6 Å². The Bertz CT molecular complexity index is 2310. The number of nitrogens with two attached hydrogens (primary N) is 2. The van der Waals surface area contributed by atoms with Gasteiger partial charge < -0.3 is 78.4 Å². The predicted molar refractivity (Wildman–Crippen MR) is 289 cm³/mol. The van der Waals surface area contributed by atoms with Crippen molar-refractivity contribution >= 4 is 94.6 Å². The molecule has 1 aromatic rings. The van der Waals surface area contributed by atoms with E-state index in [2.05, 4.69) is 42.2 Å². The van der Waals surface area contributed by atoms with Crippen LogP contribution in [0.25, 0.3) is 0 Å². The number of aliphatic carboxylic acids is 3. The summed E-state index contributed by atoms with van der Waals surface area (Å²) in [5.41, 5.74) is 11.2. The molecule has 0 aliphatic carbocycles.